The first-order valence-corrected chi connectivity index (χ1v) is 15.8. The van der Waals surface area contributed by atoms with Crippen molar-refractivity contribution in [3.05, 3.63) is 63.6 Å². The Bertz CT molecular complexity index is 1680. The number of halogens is 4. The van der Waals surface area contributed by atoms with E-state index in [2.05, 4.69) is 31.9 Å². The van der Waals surface area contributed by atoms with Gasteiger partial charge >= 0.3 is 5.97 Å². The Morgan fingerprint density at radius 3 is 2.47 bits per heavy atom. The van der Waals surface area contributed by atoms with Crippen LogP contribution in [0.3, 0.4) is 0 Å². The van der Waals surface area contributed by atoms with Crippen LogP contribution in [0.2, 0.25) is 0 Å². The van der Waals surface area contributed by atoms with Crippen molar-refractivity contribution >= 4 is 90.3 Å². The summed E-state index contributed by atoms with van der Waals surface area (Å²) in [4.78, 5) is 65.0. The molecule has 2 heterocycles. The van der Waals surface area contributed by atoms with Crippen molar-refractivity contribution in [2.45, 2.75) is 28.5 Å². The molecule has 6 rings (SSSR count). The molecule has 43 heavy (non-hydrogen) atoms. The number of carboxylic acids is 1. The molecule has 224 valence electrons. The Kier molecular flexibility index (Phi) is 7.23. The van der Waals surface area contributed by atoms with Gasteiger partial charge in [-0.3, -0.25) is 29.0 Å². The second-order valence-corrected chi connectivity index (χ2v) is 13.5. The number of carbonyl (C=O) groups is 5. The molecular formula is C29H22Br2Cl2N2O8. The number of rotatable bonds is 5. The molecular weight excluding hydrogens is 735 g/mol. The lowest BCUT2D eigenvalue weighted by molar-refractivity contribution is -0.138. The SMILES string of the molecule is COc1cc(C2C3=CCC4C(=O)N(c5cccc(C(=O)O)c5)C(=O)C4C3CC3(Cl)C(=O)N(CBr)C(=O)C23Cl)cc(Br)c1O. The first-order valence-electron chi connectivity index (χ1n) is 13.1. The molecule has 4 amide bonds. The predicted octanol–water partition coefficient (Wildman–Crippen LogP) is 4.78. The first kappa shape index (κ1) is 30.1. The van der Waals surface area contributed by atoms with Crippen LogP contribution in [0.5, 0.6) is 11.5 Å². The van der Waals surface area contributed by atoms with Gasteiger partial charge in [-0.2, -0.15) is 0 Å². The fourth-order valence-corrected chi connectivity index (χ4v) is 8.96. The van der Waals surface area contributed by atoms with E-state index >= 15 is 0 Å². The van der Waals surface area contributed by atoms with Crippen molar-refractivity contribution < 1.29 is 38.9 Å². The lowest BCUT2D eigenvalue weighted by Crippen LogP contribution is -2.60. The number of hydrogen-bond donors (Lipinski definition) is 2. The highest BCUT2D eigenvalue weighted by Gasteiger charge is 2.76. The summed E-state index contributed by atoms with van der Waals surface area (Å²) < 4.78 is 5.59. The van der Waals surface area contributed by atoms with Crippen molar-refractivity contribution in [2.24, 2.45) is 17.8 Å². The number of carboxylic acid groups (broad SMARTS) is 1. The molecule has 1 saturated carbocycles. The van der Waals surface area contributed by atoms with Crippen molar-refractivity contribution in [3.63, 3.8) is 0 Å². The van der Waals surface area contributed by atoms with Gasteiger partial charge in [-0.1, -0.05) is 33.6 Å². The van der Waals surface area contributed by atoms with E-state index < -0.39 is 63.0 Å². The van der Waals surface area contributed by atoms with Crippen LogP contribution in [-0.2, 0) is 19.2 Å². The summed E-state index contributed by atoms with van der Waals surface area (Å²) in [6.07, 6.45) is 1.71. The summed E-state index contributed by atoms with van der Waals surface area (Å²) in [5, 5.41) is 20.0. The Labute approximate surface area is 271 Å². The van der Waals surface area contributed by atoms with Crippen molar-refractivity contribution in [1.82, 2.24) is 4.90 Å². The first-order chi connectivity index (χ1) is 20.3. The average Bonchev–Trinajstić information content (AvgIpc) is 3.32. The molecule has 6 unspecified atom stereocenters. The molecule has 2 aliphatic carbocycles. The number of aromatic carboxylic acids is 1. The van der Waals surface area contributed by atoms with Crippen LogP contribution in [0.4, 0.5) is 5.69 Å². The van der Waals surface area contributed by atoms with E-state index in [4.69, 9.17) is 27.9 Å². The predicted molar refractivity (Wildman–Crippen MR) is 162 cm³/mol. The standard InChI is InChI=1S/C29H22Br2Cl2N2O8/c1-43-19-9-13(8-18(31)22(19)36)21-15-5-6-16-20(17(15)10-28(32)26(41)34(11-30)27(42)29(21,28)33)24(38)35(23(16)37)14-4-2-3-12(7-14)25(39)40/h2-5,7-9,16-17,20-21,36H,6,10-11H2,1H3,(H,39,40). The van der Waals surface area contributed by atoms with Gasteiger partial charge in [0.15, 0.2) is 21.2 Å². The number of phenols is 1. The van der Waals surface area contributed by atoms with E-state index in [0.717, 1.165) is 9.80 Å². The number of anilines is 1. The average molecular weight is 757 g/mol. The number of phenolic OH excluding ortho intramolecular Hbond substituents is 1. The van der Waals surface area contributed by atoms with E-state index in [1.54, 1.807) is 12.1 Å². The van der Waals surface area contributed by atoms with Crippen molar-refractivity contribution in [2.75, 3.05) is 17.5 Å². The van der Waals surface area contributed by atoms with Gasteiger partial charge in [0.05, 0.1) is 40.1 Å². The largest absolute Gasteiger partial charge is 0.503 e. The Morgan fingerprint density at radius 2 is 1.81 bits per heavy atom. The quantitative estimate of drug-likeness (QED) is 0.192. The van der Waals surface area contributed by atoms with Gasteiger partial charge in [0.25, 0.3) is 11.8 Å². The summed E-state index contributed by atoms with van der Waals surface area (Å²) in [6, 6.07) is 8.60. The molecule has 2 N–H and O–H groups in total. The highest BCUT2D eigenvalue weighted by Crippen LogP contribution is 2.66. The molecule has 10 nitrogen and oxygen atoms in total. The minimum atomic E-state index is -2.02. The van der Waals surface area contributed by atoms with Gasteiger partial charge in [-0.25, -0.2) is 4.79 Å². The van der Waals surface area contributed by atoms with Gasteiger partial charge in [0.1, 0.15) is 0 Å². The van der Waals surface area contributed by atoms with E-state index in [0.29, 0.717) is 11.1 Å². The third-order valence-electron chi connectivity index (χ3n) is 8.97. The molecule has 2 aromatic rings. The van der Waals surface area contributed by atoms with Gasteiger partial charge in [-0.05, 0) is 70.6 Å². The molecule has 2 aromatic carbocycles. The second-order valence-electron chi connectivity index (χ2n) is 10.9. The fourth-order valence-electron chi connectivity index (χ4n) is 7.08. The molecule has 0 aromatic heterocycles. The maximum absolute atomic E-state index is 14.1. The monoisotopic (exact) mass is 754 g/mol. The zero-order valence-electron chi connectivity index (χ0n) is 22.2. The van der Waals surface area contributed by atoms with Gasteiger partial charge < -0.3 is 14.9 Å². The third kappa shape index (κ3) is 3.99. The Hall–Kier alpha value is -2.93. The number of methoxy groups -OCH3 is 1. The molecule has 3 fully saturated rings. The highest BCUT2D eigenvalue weighted by molar-refractivity contribution is 9.10. The summed E-state index contributed by atoms with van der Waals surface area (Å²) in [7, 11) is 1.36. The number of ether oxygens (including phenoxy) is 1. The van der Waals surface area contributed by atoms with Gasteiger partial charge in [-0.15, -0.1) is 23.2 Å². The number of hydrogen-bond acceptors (Lipinski definition) is 7. The molecule has 0 bridgehead atoms. The third-order valence-corrected chi connectivity index (χ3v) is 11.5. The maximum atomic E-state index is 14.1. The smallest absolute Gasteiger partial charge is 0.335 e. The van der Waals surface area contributed by atoms with Gasteiger partial charge in [0.2, 0.25) is 11.8 Å². The van der Waals surface area contributed by atoms with Crippen molar-refractivity contribution in [1.29, 1.82) is 0 Å². The number of fused-ring (bicyclic) bond motifs is 4. The molecule has 0 spiro atoms. The lowest BCUT2D eigenvalue weighted by atomic mass is 9.56. The molecule has 2 saturated heterocycles. The van der Waals surface area contributed by atoms with E-state index in [1.165, 1.54) is 37.4 Å². The van der Waals surface area contributed by atoms with Crippen LogP contribution in [0.25, 0.3) is 0 Å². The molecule has 2 aliphatic heterocycles. The topological polar surface area (TPSA) is 142 Å². The normalized spacial score (nSPS) is 31.5. The van der Waals surface area contributed by atoms with Gasteiger partial charge in [0, 0.05) is 5.92 Å². The van der Waals surface area contributed by atoms with Crippen LogP contribution in [0.15, 0.2) is 52.5 Å². The minimum Gasteiger partial charge on any atom is -0.503 e. The highest BCUT2D eigenvalue weighted by atomic mass is 79.9. The van der Waals surface area contributed by atoms with Crippen LogP contribution in [-0.4, -0.2) is 67.0 Å². The summed E-state index contributed by atoms with van der Waals surface area (Å²) >= 11 is 21.0. The molecule has 4 aliphatic rings. The second kappa shape index (κ2) is 10.3. The fraction of sp³-hybridized carbons (Fsp3) is 0.345. The Morgan fingerprint density at radius 1 is 1.09 bits per heavy atom. The number of likely N-dealkylation sites (tertiary alicyclic amines) is 1. The Balaban J connectivity index is 1.53. The van der Waals surface area contributed by atoms with E-state index in [-0.39, 0.29) is 45.5 Å². The number of alkyl halides is 3. The maximum Gasteiger partial charge on any atom is 0.335 e. The number of carbonyl (C=O) groups excluding carboxylic acids is 4. The lowest BCUT2D eigenvalue weighted by Gasteiger charge is -2.50. The van der Waals surface area contributed by atoms with Crippen molar-refractivity contribution in [3.8, 4) is 11.5 Å². The van der Waals surface area contributed by atoms with Crippen LogP contribution in [0.1, 0.15) is 34.7 Å². The minimum absolute atomic E-state index is 0.0759. The molecule has 14 heteroatoms. The summed E-state index contributed by atoms with van der Waals surface area (Å²) in [5.41, 5.74) is 0.829. The van der Waals surface area contributed by atoms with E-state index in [1.807, 2.05) is 0 Å². The number of imide groups is 2. The number of amides is 4. The molecule has 0 radical (unpaired) electrons. The molecule has 6 atom stereocenters. The summed E-state index contributed by atoms with van der Waals surface area (Å²) in [5.74, 6) is -7.43. The van der Waals surface area contributed by atoms with Crippen LogP contribution >= 0.6 is 55.1 Å². The number of nitrogens with zero attached hydrogens (tertiary/aromatic N) is 2. The zero-order chi connectivity index (χ0) is 31.2. The van der Waals surface area contributed by atoms with Crippen LogP contribution in [0, 0.1) is 17.8 Å². The zero-order valence-corrected chi connectivity index (χ0v) is 26.9. The number of benzene rings is 2. The summed E-state index contributed by atoms with van der Waals surface area (Å²) in [6.45, 7) is 0. The van der Waals surface area contributed by atoms with Crippen LogP contribution < -0.4 is 9.64 Å². The number of aromatic hydroxyl groups is 1. The number of allylic oxidation sites excluding steroid dienone is 2. The van der Waals surface area contributed by atoms with E-state index in [9.17, 15) is 34.2 Å².